The molecule has 0 amide bonds. The van der Waals surface area contributed by atoms with E-state index in [9.17, 15) is 0 Å². The van der Waals surface area contributed by atoms with E-state index in [2.05, 4.69) is 115 Å². The summed E-state index contributed by atoms with van der Waals surface area (Å²) in [4.78, 5) is 0. The van der Waals surface area contributed by atoms with E-state index in [-0.39, 0.29) is 6.23 Å². The molecule has 6 aromatic rings. The van der Waals surface area contributed by atoms with Gasteiger partial charge in [0.15, 0.2) is 0 Å². The summed E-state index contributed by atoms with van der Waals surface area (Å²) in [5.41, 5.74) is 12.3. The van der Waals surface area contributed by atoms with Gasteiger partial charge in [0, 0.05) is 13.3 Å². The largest absolute Gasteiger partial charge is 0.495 e. The molecule has 0 aliphatic rings. The van der Waals surface area contributed by atoms with Crippen molar-refractivity contribution < 1.29 is 9.47 Å². The Morgan fingerprint density at radius 1 is 0.643 bits per heavy atom. The molecule has 0 heterocycles. The molecule has 0 aliphatic carbocycles. The van der Waals surface area contributed by atoms with Gasteiger partial charge in [0.25, 0.3) is 0 Å². The van der Waals surface area contributed by atoms with Crippen LogP contribution in [0.1, 0.15) is 31.2 Å². The zero-order valence-corrected chi connectivity index (χ0v) is 24.7. The first-order valence-corrected chi connectivity index (χ1v) is 14.5. The van der Waals surface area contributed by atoms with Crippen molar-refractivity contribution in [3.63, 3.8) is 0 Å². The van der Waals surface area contributed by atoms with E-state index >= 15 is 0 Å². The molecule has 4 heteroatoms. The second-order valence-corrected chi connectivity index (χ2v) is 9.93. The summed E-state index contributed by atoms with van der Waals surface area (Å²) in [7, 11) is 3.62. The number of methoxy groups -OCH3 is 1. The summed E-state index contributed by atoms with van der Waals surface area (Å²) in [5, 5.41) is 10.7. The Labute approximate surface area is 248 Å². The van der Waals surface area contributed by atoms with Crippen LogP contribution in [0, 0.1) is 0 Å². The van der Waals surface area contributed by atoms with Gasteiger partial charge in [-0.1, -0.05) is 111 Å². The van der Waals surface area contributed by atoms with Gasteiger partial charge in [-0.05, 0) is 84.9 Å². The maximum absolute atomic E-state index is 5.52. The molecule has 4 nitrogen and oxygen atoms in total. The fourth-order valence-electron chi connectivity index (χ4n) is 5.58. The normalized spacial score (nSPS) is 12.0. The predicted molar refractivity (Wildman–Crippen MR) is 178 cm³/mol. The third-order valence-electron chi connectivity index (χ3n) is 7.59. The van der Waals surface area contributed by atoms with Crippen molar-refractivity contribution in [2.75, 3.05) is 14.2 Å². The Morgan fingerprint density at radius 3 is 1.60 bits per heavy atom. The van der Waals surface area contributed by atoms with Gasteiger partial charge in [0.2, 0.25) is 0 Å². The molecule has 6 rings (SSSR count). The Kier molecular flexibility index (Phi) is 9.18. The molecule has 1 atom stereocenters. The van der Waals surface area contributed by atoms with Gasteiger partial charge in [0.05, 0.1) is 6.26 Å². The van der Waals surface area contributed by atoms with E-state index in [0.717, 1.165) is 11.1 Å². The molecule has 3 N–H and O–H groups in total. The number of nitrogens with two attached hydrogens (primary N) is 1. The Hall–Kier alpha value is -4.64. The standard InChI is InChI=1S/C36H32N2O2.C2H6/c1-38-36(39-2)27-13-11-26(12-14-27)29-16-18-33-32-17-15-28(25-9-7-24(8-10-25)23-40-20-19-37)21-34(32)30-5-3-4-6-31(30)35(33)22-29;1-2/h3-22,36,38H,23,37H2,1-2H3;1-2H3/b20-19-;. The highest BCUT2D eigenvalue weighted by Gasteiger charge is 2.12. The molecule has 0 radical (unpaired) electrons. The van der Waals surface area contributed by atoms with Gasteiger partial charge in [-0.25, -0.2) is 0 Å². The van der Waals surface area contributed by atoms with E-state index in [1.165, 1.54) is 67.0 Å². The zero-order chi connectivity index (χ0) is 29.5. The van der Waals surface area contributed by atoms with Crippen molar-refractivity contribution in [3.8, 4) is 22.3 Å². The average molecular weight is 555 g/mol. The maximum Gasteiger partial charge on any atom is 0.133 e. The summed E-state index contributed by atoms with van der Waals surface area (Å²) in [5.74, 6) is 0. The highest BCUT2D eigenvalue weighted by Crippen LogP contribution is 2.39. The number of benzene rings is 6. The average Bonchev–Trinajstić information content (AvgIpc) is 3.07. The number of hydrogen-bond acceptors (Lipinski definition) is 4. The second-order valence-electron chi connectivity index (χ2n) is 9.93. The summed E-state index contributed by atoms with van der Waals surface area (Å²) in [6.07, 6.45) is 2.79. The first kappa shape index (κ1) is 28.9. The SMILES string of the molecule is CC.CNC(OC)c1ccc(-c2ccc3c4ccc(-c5ccc(CO/C=C\N)cc5)cc4c4ccccc4c3c2)cc1. The maximum atomic E-state index is 5.52. The van der Waals surface area contributed by atoms with Gasteiger partial charge < -0.3 is 15.2 Å². The minimum absolute atomic E-state index is 0.114. The lowest BCUT2D eigenvalue weighted by molar-refractivity contribution is 0.0809. The highest BCUT2D eigenvalue weighted by molar-refractivity contribution is 6.26. The molecule has 212 valence electrons. The summed E-state index contributed by atoms with van der Waals surface area (Å²) in [6.45, 7) is 4.50. The smallest absolute Gasteiger partial charge is 0.133 e. The fraction of sp³-hybridized carbons (Fsp3) is 0.158. The van der Waals surface area contributed by atoms with Crippen LogP contribution in [0.15, 0.2) is 122 Å². The third kappa shape index (κ3) is 5.73. The van der Waals surface area contributed by atoms with Crippen LogP contribution in [-0.4, -0.2) is 14.2 Å². The molecule has 0 bridgehead atoms. The van der Waals surface area contributed by atoms with E-state index in [1.54, 1.807) is 7.11 Å². The fourth-order valence-corrected chi connectivity index (χ4v) is 5.58. The molecule has 0 fully saturated rings. The molecule has 0 saturated heterocycles. The molecular weight excluding hydrogens is 516 g/mol. The Morgan fingerprint density at radius 2 is 1.12 bits per heavy atom. The van der Waals surface area contributed by atoms with Gasteiger partial charge in [-0.3, -0.25) is 5.32 Å². The number of rotatable bonds is 8. The number of ether oxygens (including phenoxy) is 2. The van der Waals surface area contributed by atoms with Crippen LogP contribution in [0.5, 0.6) is 0 Å². The van der Waals surface area contributed by atoms with E-state index in [0.29, 0.717) is 6.61 Å². The topological polar surface area (TPSA) is 56.5 Å². The van der Waals surface area contributed by atoms with Gasteiger partial charge in [-0.2, -0.15) is 0 Å². The van der Waals surface area contributed by atoms with Gasteiger partial charge in [0.1, 0.15) is 12.8 Å². The molecule has 6 aromatic carbocycles. The van der Waals surface area contributed by atoms with Crippen molar-refractivity contribution in [1.82, 2.24) is 5.32 Å². The van der Waals surface area contributed by atoms with Gasteiger partial charge >= 0.3 is 0 Å². The third-order valence-corrected chi connectivity index (χ3v) is 7.59. The molecule has 0 aliphatic heterocycles. The second kappa shape index (κ2) is 13.3. The number of nitrogens with one attached hydrogen (secondary N) is 1. The van der Waals surface area contributed by atoms with Crippen LogP contribution in [0.4, 0.5) is 0 Å². The van der Waals surface area contributed by atoms with Crippen LogP contribution >= 0.6 is 0 Å². The molecule has 1 unspecified atom stereocenters. The van der Waals surface area contributed by atoms with Crippen molar-refractivity contribution in [3.05, 3.63) is 133 Å². The summed E-state index contributed by atoms with van der Waals surface area (Å²) < 4.78 is 10.9. The van der Waals surface area contributed by atoms with Gasteiger partial charge in [-0.15, -0.1) is 0 Å². The van der Waals surface area contributed by atoms with Crippen molar-refractivity contribution in [2.24, 2.45) is 5.73 Å². The Bertz CT molecular complexity index is 1800. The first-order valence-electron chi connectivity index (χ1n) is 14.5. The van der Waals surface area contributed by atoms with Crippen molar-refractivity contribution in [1.29, 1.82) is 0 Å². The zero-order valence-electron chi connectivity index (χ0n) is 24.7. The summed E-state index contributed by atoms with van der Waals surface area (Å²) >= 11 is 0. The summed E-state index contributed by atoms with van der Waals surface area (Å²) in [6, 6.07) is 39.4. The molecular formula is C38H38N2O2. The van der Waals surface area contributed by atoms with Crippen molar-refractivity contribution >= 4 is 32.3 Å². The van der Waals surface area contributed by atoms with Crippen LogP contribution in [0.3, 0.4) is 0 Å². The minimum Gasteiger partial charge on any atom is -0.495 e. The van der Waals surface area contributed by atoms with E-state index in [4.69, 9.17) is 15.2 Å². The Balaban J connectivity index is 0.00000173. The lowest BCUT2D eigenvalue weighted by Gasteiger charge is -2.16. The predicted octanol–water partition coefficient (Wildman–Crippen LogP) is 9.32. The van der Waals surface area contributed by atoms with Crippen LogP contribution in [0.2, 0.25) is 0 Å². The van der Waals surface area contributed by atoms with E-state index in [1.807, 2.05) is 20.9 Å². The molecule has 0 aromatic heterocycles. The van der Waals surface area contributed by atoms with Crippen LogP contribution in [-0.2, 0) is 16.1 Å². The quantitative estimate of drug-likeness (QED) is 0.112. The lowest BCUT2D eigenvalue weighted by Crippen LogP contribution is -2.17. The molecule has 42 heavy (non-hydrogen) atoms. The highest BCUT2D eigenvalue weighted by atomic mass is 16.5. The number of fused-ring (bicyclic) bond motifs is 6. The minimum atomic E-state index is -0.114. The van der Waals surface area contributed by atoms with Crippen LogP contribution < -0.4 is 11.1 Å². The number of hydrogen-bond donors (Lipinski definition) is 2. The van der Waals surface area contributed by atoms with E-state index < -0.39 is 0 Å². The van der Waals surface area contributed by atoms with Crippen LogP contribution in [0.25, 0.3) is 54.6 Å². The first-order chi connectivity index (χ1) is 20.7. The molecule has 0 spiro atoms. The lowest BCUT2D eigenvalue weighted by atomic mass is 9.90. The molecule has 0 saturated carbocycles. The monoisotopic (exact) mass is 554 g/mol. The van der Waals surface area contributed by atoms with Crippen molar-refractivity contribution in [2.45, 2.75) is 26.7 Å².